The number of nitrogens with two attached hydrogens (primary N) is 1. The van der Waals surface area contributed by atoms with E-state index in [1.165, 1.54) is 4.31 Å². The second-order valence-corrected chi connectivity index (χ2v) is 7.53. The van der Waals surface area contributed by atoms with Crippen LogP contribution in [0.25, 0.3) is 0 Å². The number of benzene rings is 1. The number of halogens is 3. The highest BCUT2D eigenvalue weighted by atomic mass is 32.2. The Kier molecular flexibility index (Phi) is 5.53. The summed E-state index contributed by atoms with van der Waals surface area (Å²) in [4.78, 5) is -0.290. The third kappa shape index (κ3) is 4.15. The number of piperidine rings is 1. The highest BCUT2D eigenvalue weighted by Gasteiger charge is 2.32. The largest absolute Gasteiger partial charge is 0.432 e. The zero-order chi connectivity index (χ0) is 17.2. The van der Waals surface area contributed by atoms with Gasteiger partial charge < -0.3 is 10.5 Å². The minimum absolute atomic E-state index is 0.0322. The summed E-state index contributed by atoms with van der Waals surface area (Å²) in [6.45, 7) is -0.781. The van der Waals surface area contributed by atoms with Crippen molar-refractivity contribution in [2.45, 2.75) is 37.3 Å². The molecule has 0 aliphatic carbocycles. The van der Waals surface area contributed by atoms with Crippen LogP contribution in [-0.4, -0.2) is 38.5 Å². The van der Waals surface area contributed by atoms with Crippen LogP contribution in [0.15, 0.2) is 23.1 Å². The molecule has 1 aromatic carbocycles. The Bertz CT molecular complexity index is 653. The first-order chi connectivity index (χ1) is 10.7. The van der Waals surface area contributed by atoms with Crippen LogP contribution < -0.4 is 10.5 Å². The van der Waals surface area contributed by atoms with Gasteiger partial charge in [-0.3, -0.25) is 0 Å². The van der Waals surface area contributed by atoms with Crippen molar-refractivity contribution in [2.75, 3.05) is 13.1 Å². The van der Waals surface area contributed by atoms with E-state index in [1.807, 2.05) is 6.92 Å². The Balaban J connectivity index is 2.24. The Morgan fingerprint density at radius 2 is 2.09 bits per heavy atom. The van der Waals surface area contributed by atoms with Crippen LogP contribution in [0.2, 0.25) is 0 Å². The number of sulfonamides is 1. The van der Waals surface area contributed by atoms with E-state index in [4.69, 9.17) is 5.73 Å². The quantitative estimate of drug-likeness (QED) is 0.882. The lowest BCUT2D eigenvalue weighted by Crippen LogP contribution is -2.44. The van der Waals surface area contributed by atoms with Crippen LogP contribution in [0.5, 0.6) is 5.75 Å². The smallest absolute Gasteiger partial charge is 0.387 e. The van der Waals surface area contributed by atoms with E-state index in [0.717, 1.165) is 18.6 Å². The van der Waals surface area contributed by atoms with Gasteiger partial charge in [-0.2, -0.15) is 13.1 Å². The minimum Gasteiger partial charge on any atom is -0.432 e. The fourth-order valence-electron chi connectivity index (χ4n) is 2.60. The molecule has 0 amide bonds. The summed E-state index contributed by atoms with van der Waals surface area (Å²) in [6.07, 6.45) is 1.50. The van der Waals surface area contributed by atoms with E-state index < -0.39 is 28.2 Å². The van der Waals surface area contributed by atoms with Crippen LogP contribution in [0.1, 0.15) is 19.8 Å². The monoisotopic (exact) mass is 352 g/mol. The minimum atomic E-state index is -3.90. The number of alkyl halides is 2. The van der Waals surface area contributed by atoms with Gasteiger partial charge in [-0.1, -0.05) is 0 Å². The zero-order valence-electron chi connectivity index (χ0n) is 12.6. The first kappa shape index (κ1) is 18.0. The lowest BCUT2D eigenvalue weighted by Gasteiger charge is -2.33. The molecule has 2 N–H and O–H groups in total. The number of hydrogen-bond donors (Lipinski definition) is 1. The molecule has 1 aliphatic heterocycles. The maximum atomic E-state index is 13.8. The average molecular weight is 352 g/mol. The van der Waals surface area contributed by atoms with Crippen molar-refractivity contribution in [1.29, 1.82) is 0 Å². The first-order valence-corrected chi connectivity index (χ1v) is 8.66. The summed E-state index contributed by atoms with van der Waals surface area (Å²) in [5.74, 6) is -1.80. The third-order valence-electron chi connectivity index (χ3n) is 3.92. The fourth-order valence-corrected chi connectivity index (χ4v) is 4.15. The van der Waals surface area contributed by atoms with E-state index in [1.54, 1.807) is 0 Å². The maximum Gasteiger partial charge on any atom is 0.387 e. The van der Waals surface area contributed by atoms with E-state index in [-0.39, 0.29) is 23.4 Å². The fraction of sp³-hybridized carbons (Fsp3) is 0.571. The second-order valence-electron chi connectivity index (χ2n) is 5.60. The lowest BCUT2D eigenvalue weighted by molar-refractivity contribution is -0.0522. The molecule has 1 aromatic rings. The topological polar surface area (TPSA) is 72.6 Å². The van der Waals surface area contributed by atoms with Crippen molar-refractivity contribution in [2.24, 2.45) is 11.7 Å². The zero-order valence-corrected chi connectivity index (χ0v) is 13.4. The van der Waals surface area contributed by atoms with Gasteiger partial charge in [0.25, 0.3) is 0 Å². The molecule has 9 heteroatoms. The summed E-state index contributed by atoms with van der Waals surface area (Å²) >= 11 is 0. The van der Waals surface area contributed by atoms with Crippen LogP contribution >= 0.6 is 0 Å². The highest BCUT2D eigenvalue weighted by Crippen LogP contribution is 2.28. The molecule has 1 aliphatic rings. The van der Waals surface area contributed by atoms with Crippen molar-refractivity contribution in [1.82, 2.24) is 4.31 Å². The molecule has 0 bridgehead atoms. The summed E-state index contributed by atoms with van der Waals surface area (Å²) in [5, 5.41) is 0. The van der Waals surface area contributed by atoms with Gasteiger partial charge in [0.15, 0.2) is 11.6 Å². The van der Waals surface area contributed by atoms with Gasteiger partial charge in [-0.15, -0.1) is 0 Å². The van der Waals surface area contributed by atoms with Gasteiger partial charge in [0.05, 0.1) is 4.90 Å². The Hall–Kier alpha value is -1.32. The van der Waals surface area contributed by atoms with E-state index >= 15 is 0 Å². The number of hydrogen-bond acceptors (Lipinski definition) is 4. The van der Waals surface area contributed by atoms with Gasteiger partial charge in [0.1, 0.15) is 0 Å². The molecule has 0 aromatic heterocycles. The second kappa shape index (κ2) is 7.06. The van der Waals surface area contributed by atoms with Crippen LogP contribution in [0, 0.1) is 11.7 Å². The molecule has 2 unspecified atom stereocenters. The summed E-state index contributed by atoms with van der Waals surface area (Å²) in [5.41, 5.74) is 5.83. The van der Waals surface area contributed by atoms with E-state index in [2.05, 4.69) is 4.74 Å². The molecule has 1 heterocycles. The molecule has 0 radical (unpaired) electrons. The van der Waals surface area contributed by atoms with Crippen LogP contribution in [-0.2, 0) is 10.0 Å². The van der Waals surface area contributed by atoms with E-state index in [9.17, 15) is 21.6 Å². The molecule has 0 saturated carbocycles. The molecular weight excluding hydrogens is 333 g/mol. The van der Waals surface area contributed by atoms with Crippen molar-refractivity contribution in [3.05, 3.63) is 24.0 Å². The van der Waals surface area contributed by atoms with Crippen molar-refractivity contribution in [3.63, 3.8) is 0 Å². The van der Waals surface area contributed by atoms with Gasteiger partial charge in [0, 0.05) is 19.1 Å². The summed E-state index contributed by atoms with van der Waals surface area (Å²) < 4.78 is 68.4. The first-order valence-electron chi connectivity index (χ1n) is 7.22. The molecule has 130 valence electrons. The molecule has 2 rings (SSSR count). The van der Waals surface area contributed by atoms with Gasteiger partial charge in [-0.25, -0.2) is 12.8 Å². The Labute approximate surface area is 133 Å². The van der Waals surface area contributed by atoms with Crippen molar-refractivity contribution < 1.29 is 26.3 Å². The highest BCUT2D eigenvalue weighted by molar-refractivity contribution is 7.89. The average Bonchev–Trinajstić information content (AvgIpc) is 2.49. The Morgan fingerprint density at radius 1 is 1.39 bits per heavy atom. The van der Waals surface area contributed by atoms with Crippen LogP contribution in [0.3, 0.4) is 0 Å². The van der Waals surface area contributed by atoms with Gasteiger partial charge in [0.2, 0.25) is 10.0 Å². The lowest BCUT2D eigenvalue weighted by atomic mass is 9.93. The van der Waals surface area contributed by atoms with E-state index in [0.29, 0.717) is 19.0 Å². The maximum absolute atomic E-state index is 13.8. The van der Waals surface area contributed by atoms with Gasteiger partial charge >= 0.3 is 6.61 Å². The summed E-state index contributed by atoms with van der Waals surface area (Å²) in [7, 11) is -3.90. The molecule has 23 heavy (non-hydrogen) atoms. The van der Waals surface area contributed by atoms with Crippen LogP contribution in [0.4, 0.5) is 13.2 Å². The molecule has 1 fully saturated rings. The molecule has 2 atom stereocenters. The van der Waals surface area contributed by atoms with Crippen molar-refractivity contribution in [3.8, 4) is 5.75 Å². The van der Waals surface area contributed by atoms with Gasteiger partial charge in [-0.05, 0) is 43.9 Å². The predicted octanol–water partition coefficient (Wildman–Crippen LogP) is 2.18. The molecule has 0 spiro atoms. The number of rotatable bonds is 5. The van der Waals surface area contributed by atoms with Crippen molar-refractivity contribution >= 4 is 10.0 Å². The SMILES string of the molecule is CC(N)C1CCCN(S(=O)(=O)c2ccc(OC(F)F)c(F)c2)C1. The predicted molar refractivity (Wildman–Crippen MR) is 78.2 cm³/mol. The standard InChI is InChI=1S/C14H19F3N2O3S/c1-9(18)10-3-2-6-19(8-10)23(20,21)11-4-5-13(12(15)7-11)22-14(16)17/h4-5,7,9-10,14H,2-3,6,8,18H2,1H3. The molecular formula is C14H19F3N2O3S. The number of ether oxygens (including phenoxy) is 1. The Morgan fingerprint density at radius 3 is 2.65 bits per heavy atom. The third-order valence-corrected chi connectivity index (χ3v) is 5.78. The molecule has 5 nitrogen and oxygen atoms in total. The normalized spacial score (nSPS) is 21.4. The molecule has 1 saturated heterocycles. The summed E-state index contributed by atoms with van der Waals surface area (Å²) in [6, 6.07) is 2.50. The number of nitrogens with zero attached hydrogens (tertiary/aromatic N) is 1.